The van der Waals surface area contributed by atoms with E-state index in [2.05, 4.69) is 14.8 Å². The van der Waals surface area contributed by atoms with Gasteiger partial charge >= 0.3 is 6.29 Å². The Balaban J connectivity index is 1.87. The molecule has 0 saturated heterocycles. The summed E-state index contributed by atoms with van der Waals surface area (Å²) in [5.74, 6) is -1.12. The number of sulfonamides is 1. The SMILES string of the molecule is CCN(CC)S(=O)(=O)c1ccc(Cl)c(C(=O)Nc2ccc3c(c2)OC(F)(F)O3)c1. The number of amides is 1. The minimum Gasteiger partial charge on any atom is -0.395 e. The maximum absolute atomic E-state index is 13.1. The van der Waals surface area contributed by atoms with E-state index in [1.807, 2.05) is 0 Å². The van der Waals surface area contributed by atoms with E-state index in [9.17, 15) is 22.0 Å². The summed E-state index contributed by atoms with van der Waals surface area (Å²) >= 11 is 6.07. The fraction of sp³-hybridized carbons (Fsp3) is 0.278. The van der Waals surface area contributed by atoms with Crippen molar-refractivity contribution in [2.24, 2.45) is 0 Å². The second-order valence-electron chi connectivity index (χ2n) is 6.01. The summed E-state index contributed by atoms with van der Waals surface area (Å²) in [6, 6.07) is 7.52. The van der Waals surface area contributed by atoms with Crippen molar-refractivity contribution in [3.05, 3.63) is 47.0 Å². The fourth-order valence-corrected chi connectivity index (χ4v) is 4.46. The summed E-state index contributed by atoms with van der Waals surface area (Å²) in [7, 11) is -3.79. The number of benzene rings is 2. The number of nitrogens with one attached hydrogen (secondary N) is 1. The van der Waals surface area contributed by atoms with Crippen LogP contribution in [0.3, 0.4) is 0 Å². The number of carbonyl (C=O) groups excluding carboxylic acids is 1. The maximum atomic E-state index is 13.1. The first-order valence-corrected chi connectivity index (χ1v) is 10.4. The van der Waals surface area contributed by atoms with Gasteiger partial charge in [-0.2, -0.15) is 4.31 Å². The number of nitrogens with zero attached hydrogens (tertiary/aromatic N) is 1. The number of halogens is 3. The van der Waals surface area contributed by atoms with Crippen LogP contribution in [0.2, 0.25) is 5.02 Å². The Labute approximate surface area is 171 Å². The molecule has 0 unspecified atom stereocenters. The van der Waals surface area contributed by atoms with Gasteiger partial charge in [0, 0.05) is 24.8 Å². The average molecular weight is 447 g/mol. The van der Waals surface area contributed by atoms with Gasteiger partial charge in [0.05, 0.1) is 15.5 Å². The van der Waals surface area contributed by atoms with E-state index in [-0.39, 0.29) is 45.8 Å². The quantitative estimate of drug-likeness (QED) is 0.726. The van der Waals surface area contributed by atoms with Crippen molar-refractivity contribution in [2.75, 3.05) is 18.4 Å². The Bertz CT molecular complexity index is 1060. The molecule has 2 aromatic rings. The molecule has 1 aliphatic rings. The number of fused-ring (bicyclic) bond motifs is 1. The zero-order valence-corrected chi connectivity index (χ0v) is 17.0. The first kappa shape index (κ1) is 21.3. The summed E-state index contributed by atoms with van der Waals surface area (Å²) in [5.41, 5.74) is 0.0611. The predicted molar refractivity (Wildman–Crippen MR) is 102 cm³/mol. The van der Waals surface area contributed by atoms with Crippen LogP contribution in [-0.4, -0.2) is 38.0 Å². The van der Waals surface area contributed by atoms with Gasteiger partial charge in [0.2, 0.25) is 10.0 Å². The largest absolute Gasteiger partial charge is 0.586 e. The number of hydrogen-bond acceptors (Lipinski definition) is 5. The first-order chi connectivity index (χ1) is 13.6. The average Bonchev–Trinajstić information content (AvgIpc) is 2.95. The Morgan fingerprint density at radius 1 is 1.10 bits per heavy atom. The van der Waals surface area contributed by atoms with Gasteiger partial charge in [-0.25, -0.2) is 8.42 Å². The van der Waals surface area contributed by atoms with Crippen LogP contribution in [0.5, 0.6) is 11.5 Å². The zero-order valence-electron chi connectivity index (χ0n) is 15.4. The molecule has 1 amide bonds. The minimum absolute atomic E-state index is 0.0354. The van der Waals surface area contributed by atoms with Gasteiger partial charge < -0.3 is 14.8 Å². The van der Waals surface area contributed by atoms with Gasteiger partial charge in [-0.3, -0.25) is 4.79 Å². The fourth-order valence-electron chi connectivity index (χ4n) is 2.78. The van der Waals surface area contributed by atoms with E-state index in [0.717, 1.165) is 0 Å². The lowest BCUT2D eigenvalue weighted by Crippen LogP contribution is -2.30. The number of carbonyl (C=O) groups is 1. The molecule has 7 nitrogen and oxygen atoms in total. The van der Waals surface area contributed by atoms with Crippen molar-refractivity contribution < 1.29 is 31.5 Å². The molecule has 0 fully saturated rings. The van der Waals surface area contributed by atoms with Crippen molar-refractivity contribution in [2.45, 2.75) is 25.0 Å². The van der Waals surface area contributed by atoms with E-state index in [0.29, 0.717) is 0 Å². The third-order valence-corrected chi connectivity index (χ3v) is 6.56. The summed E-state index contributed by atoms with van der Waals surface area (Å²) in [4.78, 5) is 12.5. The van der Waals surface area contributed by atoms with E-state index in [4.69, 9.17) is 11.6 Å². The topological polar surface area (TPSA) is 84.9 Å². The lowest BCUT2D eigenvalue weighted by molar-refractivity contribution is -0.286. The third kappa shape index (κ3) is 4.29. The molecule has 0 spiro atoms. The summed E-state index contributed by atoms with van der Waals surface area (Å²) < 4.78 is 61.5. The van der Waals surface area contributed by atoms with Gasteiger partial charge in [0.1, 0.15) is 0 Å². The maximum Gasteiger partial charge on any atom is 0.586 e. The van der Waals surface area contributed by atoms with E-state index >= 15 is 0 Å². The first-order valence-electron chi connectivity index (χ1n) is 8.58. The molecule has 29 heavy (non-hydrogen) atoms. The molecule has 0 bridgehead atoms. The number of ether oxygens (including phenoxy) is 2. The van der Waals surface area contributed by atoms with Crippen molar-refractivity contribution in [1.82, 2.24) is 4.31 Å². The molecule has 1 aliphatic heterocycles. The molecule has 11 heteroatoms. The normalized spacial score (nSPS) is 14.8. The van der Waals surface area contributed by atoms with Gasteiger partial charge in [-0.15, -0.1) is 8.78 Å². The van der Waals surface area contributed by atoms with E-state index in [1.165, 1.54) is 40.7 Å². The second kappa shape index (κ2) is 7.77. The van der Waals surface area contributed by atoms with Gasteiger partial charge in [0.25, 0.3) is 5.91 Å². The molecule has 0 aromatic heterocycles. The van der Waals surface area contributed by atoms with Crippen LogP contribution in [0.25, 0.3) is 0 Å². The molecular weight excluding hydrogens is 430 g/mol. The van der Waals surface area contributed by atoms with Crippen LogP contribution in [0.15, 0.2) is 41.3 Å². The highest BCUT2D eigenvalue weighted by atomic mass is 35.5. The smallest absolute Gasteiger partial charge is 0.395 e. The van der Waals surface area contributed by atoms with Crippen molar-refractivity contribution in [3.8, 4) is 11.5 Å². The molecule has 2 aromatic carbocycles. The van der Waals surface area contributed by atoms with Gasteiger partial charge in [0.15, 0.2) is 11.5 Å². The molecule has 3 rings (SSSR count). The zero-order chi connectivity index (χ0) is 21.4. The van der Waals surface area contributed by atoms with Crippen LogP contribution in [0.4, 0.5) is 14.5 Å². The Morgan fingerprint density at radius 3 is 2.41 bits per heavy atom. The highest BCUT2D eigenvalue weighted by Gasteiger charge is 2.43. The number of anilines is 1. The summed E-state index contributed by atoms with van der Waals surface area (Å²) in [5, 5.41) is 2.52. The standard InChI is InChI=1S/C18H17ClF2N2O5S/c1-3-23(4-2)29(25,26)12-6-7-14(19)13(10-12)17(24)22-11-5-8-15-16(9-11)28-18(20,21)27-15/h5-10H,3-4H2,1-2H3,(H,22,24). The second-order valence-corrected chi connectivity index (χ2v) is 8.36. The molecule has 0 atom stereocenters. The highest BCUT2D eigenvalue weighted by molar-refractivity contribution is 7.89. The molecule has 0 radical (unpaired) electrons. The lowest BCUT2D eigenvalue weighted by atomic mass is 10.2. The Kier molecular flexibility index (Phi) is 5.70. The van der Waals surface area contributed by atoms with Crippen LogP contribution < -0.4 is 14.8 Å². The molecule has 1 N–H and O–H groups in total. The van der Waals surface area contributed by atoms with Crippen LogP contribution in [-0.2, 0) is 10.0 Å². The highest BCUT2D eigenvalue weighted by Crippen LogP contribution is 2.42. The van der Waals surface area contributed by atoms with Crippen molar-refractivity contribution in [1.29, 1.82) is 0 Å². The van der Waals surface area contributed by atoms with Crippen molar-refractivity contribution >= 4 is 33.2 Å². The summed E-state index contributed by atoms with van der Waals surface area (Å²) in [6.07, 6.45) is -3.78. The predicted octanol–water partition coefficient (Wildman–Crippen LogP) is 3.94. The number of rotatable bonds is 6. The molecule has 156 valence electrons. The third-order valence-electron chi connectivity index (χ3n) is 4.18. The summed E-state index contributed by atoms with van der Waals surface area (Å²) in [6.45, 7) is 3.94. The lowest BCUT2D eigenvalue weighted by Gasteiger charge is -2.19. The van der Waals surface area contributed by atoms with E-state index < -0.39 is 22.2 Å². The molecule has 0 aliphatic carbocycles. The van der Waals surface area contributed by atoms with Gasteiger partial charge in [-0.1, -0.05) is 25.4 Å². The Hall–Kier alpha value is -2.43. The minimum atomic E-state index is -3.79. The molecule has 0 saturated carbocycles. The van der Waals surface area contributed by atoms with Crippen molar-refractivity contribution in [3.63, 3.8) is 0 Å². The van der Waals surface area contributed by atoms with Crippen LogP contribution in [0, 0.1) is 0 Å². The monoisotopic (exact) mass is 446 g/mol. The van der Waals surface area contributed by atoms with Crippen LogP contribution >= 0.6 is 11.6 Å². The molecular formula is C18H17ClF2N2O5S. The number of alkyl halides is 2. The van der Waals surface area contributed by atoms with E-state index in [1.54, 1.807) is 13.8 Å². The van der Waals surface area contributed by atoms with Gasteiger partial charge in [-0.05, 0) is 30.3 Å². The number of hydrogen-bond donors (Lipinski definition) is 1. The molecule has 1 heterocycles. The Morgan fingerprint density at radius 2 is 1.76 bits per heavy atom. The van der Waals surface area contributed by atoms with Crippen LogP contribution in [0.1, 0.15) is 24.2 Å².